The third kappa shape index (κ3) is 2.72. The van der Waals surface area contributed by atoms with E-state index in [1.54, 1.807) is 23.6 Å². The molecule has 1 heterocycles. The molecular weight excluding hydrogens is 316 g/mol. The summed E-state index contributed by atoms with van der Waals surface area (Å²) in [4.78, 5) is 4.34. The standard InChI is InChI=1S/C20H16N2OS/c23-17-11-10-14-6-4-5-9-16(14)18(17)19(15-7-2-1-3-8-15)22-20-21-12-13-24-20/h1-13,19,23H,(H,21,22). The van der Waals surface area contributed by atoms with Gasteiger partial charge in [-0.25, -0.2) is 4.98 Å². The zero-order valence-corrected chi connectivity index (χ0v) is 13.7. The largest absolute Gasteiger partial charge is 0.508 e. The van der Waals surface area contributed by atoms with Crippen molar-refractivity contribution in [2.24, 2.45) is 0 Å². The van der Waals surface area contributed by atoms with Gasteiger partial charge in [-0.1, -0.05) is 60.7 Å². The summed E-state index contributed by atoms with van der Waals surface area (Å²) in [6.07, 6.45) is 1.78. The Morgan fingerprint density at radius 1 is 0.917 bits per heavy atom. The summed E-state index contributed by atoms with van der Waals surface area (Å²) in [5, 5.41) is 19.0. The van der Waals surface area contributed by atoms with Crippen molar-refractivity contribution in [2.75, 3.05) is 5.32 Å². The lowest BCUT2D eigenvalue weighted by molar-refractivity contribution is 0.468. The molecule has 0 amide bonds. The fraction of sp³-hybridized carbons (Fsp3) is 0.0500. The molecular formula is C20H16N2OS. The number of thiazole rings is 1. The SMILES string of the molecule is Oc1ccc2ccccc2c1C(Nc1nccs1)c1ccccc1. The van der Waals surface area contributed by atoms with Gasteiger partial charge >= 0.3 is 0 Å². The normalized spacial score (nSPS) is 12.2. The number of hydrogen-bond donors (Lipinski definition) is 2. The first-order chi connectivity index (χ1) is 11.8. The minimum absolute atomic E-state index is 0.177. The van der Waals surface area contributed by atoms with E-state index in [-0.39, 0.29) is 11.8 Å². The van der Waals surface area contributed by atoms with Crippen LogP contribution in [-0.4, -0.2) is 10.1 Å². The molecule has 4 aromatic rings. The molecule has 1 unspecified atom stereocenters. The molecule has 0 spiro atoms. The van der Waals surface area contributed by atoms with Crippen molar-refractivity contribution < 1.29 is 5.11 Å². The third-order valence-corrected chi connectivity index (χ3v) is 4.77. The molecule has 3 aromatic carbocycles. The summed E-state index contributed by atoms with van der Waals surface area (Å²) >= 11 is 1.55. The molecule has 0 radical (unpaired) electrons. The summed E-state index contributed by atoms with van der Waals surface area (Å²) in [5.74, 6) is 0.284. The number of hydrogen-bond acceptors (Lipinski definition) is 4. The highest BCUT2D eigenvalue weighted by Crippen LogP contribution is 2.37. The molecule has 0 bridgehead atoms. The van der Waals surface area contributed by atoms with E-state index in [1.807, 2.05) is 47.8 Å². The Hall–Kier alpha value is -2.85. The quantitative estimate of drug-likeness (QED) is 0.539. The molecule has 1 aromatic heterocycles. The van der Waals surface area contributed by atoms with Crippen LogP contribution in [0.4, 0.5) is 5.13 Å². The van der Waals surface area contributed by atoms with Gasteiger partial charge < -0.3 is 10.4 Å². The minimum Gasteiger partial charge on any atom is -0.508 e. The lowest BCUT2D eigenvalue weighted by Gasteiger charge is -2.22. The summed E-state index contributed by atoms with van der Waals surface area (Å²) in [5.41, 5.74) is 1.95. The van der Waals surface area contributed by atoms with Crippen LogP contribution in [0.2, 0.25) is 0 Å². The van der Waals surface area contributed by atoms with Crippen LogP contribution in [-0.2, 0) is 0 Å². The number of anilines is 1. The van der Waals surface area contributed by atoms with Gasteiger partial charge in [0.15, 0.2) is 5.13 Å². The number of fused-ring (bicyclic) bond motifs is 1. The lowest BCUT2D eigenvalue weighted by atomic mass is 9.93. The predicted molar refractivity (Wildman–Crippen MR) is 99.6 cm³/mol. The molecule has 0 saturated carbocycles. The van der Waals surface area contributed by atoms with Crippen molar-refractivity contribution in [1.29, 1.82) is 0 Å². The van der Waals surface area contributed by atoms with Gasteiger partial charge in [-0.2, -0.15) is 0 Å². The van der Waals surface area contributed by atoms with E-state index in [1.165, 1.54) is 0 Å². The van der Waals surface area contributed by atoms with Crippen LogP contribution < -0.4 is 5.32 Å². The molecule has 0 saturated heterocycles. The van der Waals surface area contributed by atoms with Crippen molar-refractivity contribution in [3.8, 4) is 5.75 Å². The van der Waals surface area contributed by atoms with Gasteiger partial charge in [-0.05, 0) is 22.4 Å². The Labute approximate surface area is 144 Å². The number of aromatic hydroxyl groups is 1. The number of nitrogens with one attached hydrogen (secondary N) is 1. The number of rotatable bonds is 4. The minimum atomic E-state index is -0.177. The maximum Gasteiger partial charge on any atom is 0.183 e. The first kappa shape index (κ1) is 14.7. The zero-order chi connectivity index (χ0) is 16.4. The highest BCUT2D eigenvalue weighted by molar-refractivity contribution is 7.13. The fourth-order valence-corrected chi connectivity index (χ4v) is 3.53. The highest BCUT2D eigenvalue weighted by atomic mass is 32.1. The van der Waals surface area contributed by atoms with Crippen LogP contribution in [0, 0.1) is 0 Å². The Morgan fingerprint density at radius 3 is 2.50 bits per heavy atom. The molecule has 2 N–H and O–H groups in total. The molecule has 3 nitrogen and oxygen atoms in total. The molecule has 0 aliphatic carbocycles. The summed E-state index contributed by atoms with van der Waals surface area (Å²) in [7, 11) is 0. The molecule has 4 rings (SSSR count). The smallest absolute Gasteiger partial charge is 0.183 e. The topological polar surface area (TPSA) is 45.1 Å². The Morgan fingerprint density at radius 2 is 1.71 bits per heavy atom. The predicted octanol–water partition coefficient (Wildman–Crippen LogP) is 5.20. The number of phenols is 1. The van der Waals surface area contributed by atoms with Gasteiger partial charge in [0.1, 0.15) is 5.75 Å². The van der Waals surface area contributed by atoms with E-state index in [2.05, 4.69) is 28.5 Å². The van der Waals surface area contributed by atoms with Gasteiger partial charge in [0.25, 0.3) is 0 Å². The van der Waals surface area contributed by atoms with Gasteiger partial charge in [0.2, 0.25) is 0 Å². The first-order valence-electron chi connectivity index (χ1n) is 7.74. The van der Waals surface area contributed by atoms with Gasteiger partial charge in [-0.15, -0.1) is 11.3 Å². The van der Waals surface area contributed by atoms with Gasteiger partial charge in [-0.3, -0.25) is 0 Å². The monoisotopic (exact) mass is 332 g/mol. The van der Waals surface area contributed by atoms with Crippen LogP contribution in [0.15, 0.2) is 78.3 Å². The summed E-state index contributed by atoms with van der Waals surface area (Å²) < 4.78 is 0. The number of aromatic nitrogens is 1. The van der Waals surface area contributed by atoms with E-state index in [0.29, 0.717) is 0 Å². The van der Waals surface area contributed by atoms with Crippen LogP contribution in [0.1, 0.15) is 17.2 Å². The molecule has 1 atom stereocenters. The Bertz CT molecular complexity index is 952. The average molecular weight is 332 g/mol. The summed E-state index contributed by atoms with van der Waals surface area (Å²) in [6.45, 7) is 0. The van der Waals surface area contributed by atoms with Crippen molar-refractivity contribution in [3.05, 3.63) is 89.4 Å². The first-order valence-corrected chi connectivity index (χ1v) is 8.62. The zero-order valence-electron chi connectivity index (χ0n) is 12.9. The lowest BCUT2D eigenvalue weighted by Crippen LogP contribution is -2.13. The van der Waals surface area contributed by atoms with Crippen molar-refractivity contribution >= 4 is 27.2 Å². The van der Waals surface area contributed by atoms with E-state index in [4.69, 9.17) is 0 Å². The van der Waals surface area contributed by atoms with E-state index in [9.17, 15) is 5.11 Å². The van der Waals surface area contributed by atoms with Crippen molar-refractivity contribution in [2.45, 2.75) is 6.04 Å². The van der Waals surface area contributed by atoms with Gasteiger partial charge in [0, 0.05) is 17.1 Å². The molecule has 0 aliphatic rings. The Balaban J connectivity index is 1.92. The molecule has 0 fully saturated rings. The highest BCUT2D eigenvalue weighted by Gasteiger charge is 2.21. The van der Waals surface area contributed by atoms with Crippen LogP contribution in [0.5, 0.6) is 5.75 Å². The van der Waals surface area contributed by atoms with E-state index in [0.717, 1.165) is 27.0 Å². The number of benzene rings is 3. The molecule has 118 valence electrons. The molecule has 0 aliphatic heterocycles. The van der Waals surface area contributed by atoms with Crippen LogP contribution in [0.25, 0.3) is 10.8 Å². The second-order valence-electron chi connectivity index (χ2n) is 5.54. The Kier molecular flexibility index (Phi) is 3.89. The number of phenolic OH excluding ortho intramolecular Hbond substituents is 1. The van der Waals surface area contributed by atoms with Crippen molar-refractivity contribution in [3.63, 3.8) is 0 Å². The molecule has 4 heteroatoms. The van der Waals surface area contributed by atoms with E-state index < -0.39 is 0 Å². The molecule has 24 heavy (non-hydrogen) atoms. The second kappa shape index (κ2) is 6.34. The average Bonchev–Trinajstić information content (AvgIpc) is 3.14. The fourth-order valence-electron chi connectivity index (χ4n) is 2.97. The van der Waals surface area contributed by atoms with E-state index >= 15 is 0 Å². The van der Waals surface area contributed by atoms with Crippen LogP contribution in [0.3, 0.4) is 0 Å². The van der Waals surface area contributed by atoms with Gasteiger partial charge in [0.05, 0.1) is 6.04 Å². The number of nitrogens with zero attached hydrogens (tertiary/aromatic N) is 1. The maximum absolute atomic E-state index is 10.6. The van der Waals surface area contributed by atoms with Crippen molar-refractivity contribution in [1.82, 2.24) is 4.98 Å². The summed E-state index contributed by atoms with van der Waals surface area (Å²) in [6, 6.07) is 21.8. The van der Waals surface area contributed by atoms with Crippen LogP contribution >= 0.6 is 11.3 Å². The maximum atomic E-state index is 10.6. The third-order valence-electron chi connectivity index (χ3n) is 4.07. The second-order valence-corrected chi connectivity index (χ2v) is 6.44.